The Balaban J connectivity index is 1.63. The van der Waals surface area contributed by atoms with E-state index >= 15 is 0 Å². The first kappa shape index (κ1) is 21.2. The average Bonchev–Trinajstić information content (AvgIpc) is 3.16. The van der Waals surface area contributed by atoms with Crippen molar-refractivity contribution in [3.63, 3.8) is 0 Å². The molecule has 0 bridgehead atoms. The van der Waals surface area contributed by atoms with E-state index in [1.54, 1.807) is 11.0 Å². The van der Waals surface area contributed by atoms with Gasteiger partial charge in [0.05, 0.1) is 24.3 Å². The Kier molecular flexibility index (Phi) is 5.18. The van der Waals surface area contributed by atoms with Crippen molar-refractivity contribution in [2.45, 2.75) is 31.4 Å². The molecule has 0 aromatic carbocycles. The van der Waals surface area contributed by atoms with E-state index in [2.05, 4.69) is 20.3 Å². The minimum atomic E-state index is -4.54. The van der Waals surface area contributed by atoms with E-state index in [1.165, 1.54) is 11.8 Å². The van der Waals surface area contributed by atoms with Gasteiger partial charge in [0.15, 0.2) is 0 Å². The van der Waals surface area contributed by atoms with Crippen LogP contribution < -0.4 is 10.2 Å². The van der Waals surface area contributed by atoms with Crippen molar-refractivity contribution < 1.29 is 26.7 Å². The topological polar surface area (TPSA) is 74.2 Å². The number of hydrogen-bond donors (Lipinski definition) is 1. The summed E-state index contributed by atoms with van der Waals surface area (Å²) in [7, 11) is 0. The summed E-state index contributed by atoms with van der Waals surface area (Å²) >= 11 is 0. The van der Waals surface area contributed by atoms with Crippen LogP contribution in [0.5, 0.6) is 0 Å². The van der Waals surface area contributed by atoms with Crippen LogP contribution in [0.3, 0.4) is 0 Å². The zero-order chi connectivity index (χ0) is 22.4. The van der Waals surface area contributed by atoms with Gasteiger partial charge in [0.25, 0.3) is 5.92 Å². The summed E-state index contributed by atoms with van der Waals surface area (Å²) in [4.78, 5) is 27.1. The number of likely N-dealkylation sites (tertiary alicyclic amines) is 1. The fraction of sp³-hybridized carbons (Fsp3) is 0.474. The van der Waals surface area contributed by atoms with E-state index in [0.29, 0.717) is 25.2 Å². The van der Waals surface area contributed by atoms with Crippen LogP contribution in [-0.4, -0.2) is 57.9 Å². The predicted octanol–water partition coefficient (Wildman–Crippen LogP) is 3.43. The lowest BCUT2D eigenvalue weighted by Gasteiger charge is -2.38. The van der Waals surface area contributed by atoms with Crippen LogP contribution in [0.2, 0.25) is 0 Å². The van der Waals surface area contributed by atoms with Crippen molar-refractivity contribution in [2.24, 2.45) is 0 Å². The van der Waals surface area contributed by atoms with E-state index < -0.39 is 30.8 Å². The Morgan fingerprint density at radius 1 is 1.19 bits per heavy atom. The summed E-state index contributed by atoms with van der Waals surface area (Å²) in [6.45, 7) is 1.34. The van der Waals surface area contributed by atoms with E-state index in [4.69, 9.17) is 0 Å². The minimum Gasteiger partial charge on any atom is -0.342 e. The van der Waals surface area contributed by atoms with Gasteiger partial charge in [-0.05, 0) is 18.6 Å². The summed E-state index contributed by atoms with van der Waals surface area (Å²) in [6.07, 6.45) is -2.89. The minimum absolute atomic E-state index is 0.0548. The molecule has 12 heteroatoms. The van der Waals surface area contributed by atoms with Crippen molar-refractivity contribution in [3.8, 4) is 0 Å². The molecule has 1 N–H and O–H groups in total. The van der Waals surface area contributed by atoms with Crippen LogP contribution in [0.1, 0.15) is 30.5 Å². The number of carbonyl (C=O) groups excluding carboxylic acids is 1. The molecule has 2 saturated heterocycles. The summed E-state index contributed by atoms with van der Waals surface area (Å²) in [5.41, 5.74) is -0.353. The molecule has 31 heavy (non-hydrogen) atoms. The Morgan fingerprint density at radius 2 is 1.94 bits per heavy atom. The largest absolute Gasteiger partial charge is 0.416 e. The van der Waals surface area contributed by atoms with Crippen LogP contribution in [0, 0.1) is 0 Å². The Bertz CT molecular complexity index is 990. The second-order valence-electron chi connectivity index (χ2n) is 7.69. The highest BCUT2D eigenvalue weighted by molar-refractivity contribution is 5.73. The van der Waals surface area contributed by atoms with Crippen molar-refractivity contribution in [1.82, 2.24) is 19.9 Å². The first-order chi connectivity index (χ1) is 14.5. The molecule has 2 aliphatic rings. The zero-order valence-electron chi connectivity index (χ0n) is 16.5. The maximum Gasteiger partial charge on any atom is 0.416 e. The van der Waals surface area contributed by atoms with Gasteiger partial charge in [0, 0.05) is 38.2 Å². The molecule has 1 unspecified atom stereocenters. The summed E-state index contributed by atoms with van der Waals surface area (Å²) in [5, 5.41) is 2.72. The highest BCUT2D eigenvalue weighted by Crippen LogP contribution is 2.34. The van der Waals surface area contributed by atoms with Gasteiger partial charge >= 0.3 is 6.18 Å². The van der Waals surface area contributed by atoms with E-state index in [0.717, 1.165) is 18.3 Å². The number of rotatable bonds is 4. The molecule has 2 aliphatic heterocycles. The zero-order valence-corrected chi connectivity index (χ0v) is 16.5. The van der Waals surface area contributed by atoms with Crippen molar-refractivity contribution in [2.75, 3.05) is 36.4 Å². The van der Waals surface area contributed by atoms with Gasteiger partial charge in [-0.15, -0.1) is 0 Å². The second kappa shape index (κ2) is 7.57. The molecule has 2 fully saturated rings. The van der Waals surface area contributed by atoms with Gasteiger partial charge in [-0.3, -0.25) is 4.79 Å². The SMILES string of the molecule is CC(=O)N1CCC(c2cc(Nc3cc(C(F)(F)F)ccn3)nc(N3CC(F)(F)C3)n2)C1. The monoisotopic (exact) mass is 442 g/mol. The first-order valence-electron chi connectivity index (χ1n) is 9.58. The molecular weight excluding hydrogens is 423 g/mol. The van der Waals surface area contributed by atoms with Gasteiger partial charge in [0.1, 0.15) is 11.6 Å². The maximum absolute atomic E-state index is 13.3. The van der Waals surface area contributed by atoms with Crippen LogP contribution in [0.15, 0.2) is 24.4 Å². The van der Waals surface area contributed by atoms with Crippen LogP contribution in [0.4, 0.5) is 39.5 Å². The maximum atomic E-state index is 13.3. The fourth-order valence-corrected chi connectivity index (χ4v) is 3.62. The second-order valence-corrected chi connectivity index (χ2v) is 7.69. The lowest BCUT2D eigenvalue weighted by atomic mass is 10.0. The number of nitrogens with one attached hydrogen (secondary N) is 1. The Morgan fingerprint density at radius 3 is 2.55 bits per heavy atom. The van der Waals surface area contributed by atoms with E-state index in [1.807, 2.05) is 0 Å². The van der Waals surface area contributed by atoms with Crippen LogP contribution >= 0.6 is 0 Å². The van der Waals surface area contributed by atoms with Gasteiger partial charge in [-0.2, -0.15) is 18.2 Å². The lowest BCUT2D eigenvalue weighted by molar-refractivity contribution is -0.137. The van der Waals surface area contributed by atoms with E-state index in [-0.39, 0.29) is 29.4 Å². The molecule has 4 heterocycles. The third-order valence-corrected chi connectivity index (χ3v) is 5.26. The van der Waals surface area contributed by atoms with Crippen molar-refractivity contribution in [3.05, 3.63) is 35.7 Å². The summed E-state index contributed by atoms with van der Waals surface area (Å²) in [5.74, 6) is -2.94. The molecule has 0 saturated carbocycles. The average molecular weight is 442 g/mol. The summed E-state index contributed by atoms with van der Waals surface area (Å²) < 4.78 is 65.6. The number of pyridine rings is 1. The van der Waals surface area contributed by atoms with Crippen LogP contribution in [0.25, 0.3) is 0 Å². The molecule has 166 valence electrons. The van der Waals surface area contributed by atoms with Gasteiger partial charge in [0.2, 0.25) is 11.9 Å². The molecule has 2 aromatic rings. The number of alkyl halides is 5. The molecule has 0 radical (unpaired) electrons. The quantitative estimate of drug-likeness (QED) is 0.732. The smallest absolute Gasteiger partial charge is 0.342 e. The molecule has 4 rings (SSSR count). The molecule has 0 spiro atoms. The van der Waals surface area contributed by atoms with Crippen LogP contribution in [-0.2, 0) is 11.0 Å². The van der Waals surface area contributed by atoms with Crippen molar-refractivity contribution >= 4 is 23.5 Å². The Labute approximate surface area is 174 Å². The third kappa shape index (κ3) is 4.67. The molecule has 0 aliphatic carbocycles. The number of carbonyl (C=O) groups is 1. The number of hydrogen-bond acceptors (Lipinski definition) is 6. The van der Waals surface area contributed by atoms with Gasteiger partial charge in [-0.1, -0.05) is 0 Å². The van der Waals surface area contributed by atoms with Gasteiger partial charge < -0.3 is 15.1 Å². The highest BCUT2D eigenvalue weighted by Gasteiger charge is 2.45. The normalized spacial score (nSPS) is 20.5. The third-order valence-electron chi connectivity index (χ3n) is 5.26. The number of aromatic nitrogens is 3. The van der Waals surface area contributed by atoms with Crippen molar-refractivity contribution in [1.29, 1.82) is 0 Å². The molecule has 1 amide bonds. The predicted molar refractivity (Wildman–Crippen MR) is 101 cm³/mol. The highest BCUT2D eigenvalue weighted by atomic mass is 19.4. The first-order valence-corrected chi connectivity index (χ1v) is 9.58. The fourth-order valence-electron chi connectivity index (χ4n) is 3.62. The van der Waals surface area contributed by atoms with Gasteiger partial charge in [-0.25, -0.2) is 18.7 Å². The Hall–Kier alpha value is -3.05. The molecular formula is C19H19F5N6O. The molecule has 1 atom stereocenters. The van der Waals surface area contributed by atoms with E-state index in [9.17, 15) is 26.7 Å². The number of nitrogens with zero attached hydrogens (tertiary/aromatic N) is 5. The summed E-state index contributed by atoms with van der Waals surface area (Å²) in [6, 6.07) is 3.24. The lowest BCUT2D eigenvalue weighted by Crippen LogP contribution is -2.57. The number of halogens is 5. The molecule has 2 aromatic heterocycles. The molecule has 7 nitrogen and oxygen atoms in total. The standard InChI is InChI=1S/C19H19F5N6O/c1-11(31)29-5-3-12(8-29)14-7-16(28-17(26-14)30-9-18(20,21)10-30)27-15-6-13(2-4-25-15)19(22,23)24/h2,4,6-7,12H,3,5,8-10H2,1H3,(H,25,26,27,28). The number of anilines is 3. The number of amides is 1.